The molecular formula is C52H72N10O13. The van der Waals surface area contributed by atoms with Gasteiger partial charge in [0.05, 0.1) is 24.5 Å². The Morgan fingerprint density at radius 1 is 0.787 bits per heavy atom. The van der Waals surface area contributed by atoms with Gasteiger partial charge < -0.3 is 68.7 Å². The Hall–Kier alpha value is -8.08. The molecule has 7 amide bonds. The number of aliphatic carboxylic acids is 2. The number of benzene rings is 2. The zero-order valence-electron chi connectivity index (χ0n) is 43.1. The zero-order valence-corrected chi connectivity index (χ0v) is 43.1. The second-order valence-electron chi connectivity index (χ2n) is 18.2. The van der Waals surface area contributed by atoms with Crippen molar-refractivity contribution in [1.29, 1.82) is 0 Å². The lowest BCUT2D eigenvalue weighted by atomic mass is 9.94. The van der Waals surface area contributed by atoms with Crippen molar-refractivity contribution in [3.63, 3.8) is 0 Å². The molecule has 1 heterocycles. The number of nitrogens with two attached hydrogens (primary N) is 2. The Balaban J connectivity index is 2.09. The molecule has 1 saturated heterocycles. The Morgan fingerprint density at radius 2 is 1.41 bits per heavy atom. The molecule has 75 heavy (non-hydrogen) atoms. The molecule has 0 radical (unpaired) electrons. The van der Waals surface area contributed by atoms with Gasteiger partial charge >= 0.3 is 11.9 Å². The number of amides is 7. The van der Waals surface area contributed by atoms with Crippen LogP contribution < -0.4 is 48.7 Å². The Morgan fingerprint density at radius 3 is 2.03 bits per heavy atom. The summed E-state index contributed by atoms with van der Waals surface area (Å²) in [5.41, 5.74) is 13.1. The molecule has 1 aliphatic rings. The number of phenols is 1. The number of hydrogen-bond acceptors (Lipinski definition) is 12. The fraction of sp³-hybridized carbons (Fsp3) is 0.462. The van der Waals surface area contributed by atoms with Crippen LogP contribution in [-0.2, 0) is 60.7 Å². The highest BCUT2D eigenvalue weighted by Gasteiger charge is 2.34. The van der Waals surface area contributed by atoms with Gasteiger partial charge in [-0.3, -0.25) is 38.6 Å². The van der Waals surface area contributed by atoms with E-state index in [1.54, 1.807) is 32.2 Å². The lowest BCUT2D eigenvalue weighted by Crippen LogP contribution is -2.56. The topological polar surface area (TPSA) is 372 Å². The van der Waals surface area contributed by atoms with E-state index in [-0.39, 0.29) is 61.7 Å². The normalized spacial score (nSPS) is 23.9. The first-order valence-corrected chi connectivity index (χ1v) is 24.5. The predicted octanol–water partition coefficient (Wildman–Crippen LogP) is 0.713. The third-order valence-corrected chi connectivity index (χ3v) is 12.2. The molecule has 0 aliphatic carbocycles. The SMILES string of the molecule is C/C=C1\NC(=O)CCC(C(=O)O)NC(=O)[C@@H](C)C(/C=C/C(C)=C/[C@H](C)[C@H](Cc2ccccc2)OC)NC(=O)[C@H](CCCN=C(N)N)NC(=O)C[C@H](C(=O)O)NC(=O)[C@H](CCc2ccc(O)cc2)NC(=O)[C@@H](C)NC1=O. The van der Waals surface area contributed by atoms with Crippen molar-refractivity contribution < 1.29 is 63.2 Å². The first-order chi connectivity index (χ1) is 35.5. The number of methoxy groups -OCH3 is 1. The van der Waals surface area contributed by atoms with Crippen LogP contribution in [0.4, 0.5) is 0 Å². The number of carbonyl (C=O) groups is 9. The number of ether oxygens (including phenoxy) is 1. The lowest BCUT2D eigenvalue weighted by molar-refractivity contribution is -0.144. The summed E-state index contributed by atoms with van der Waals surface area (Å²) in [6, 6.07) is 6.73. The number of rotatable bonds is 16. The number of aliphatic imine (C=N–C) groups is 1. The number of carboxylic acids is 2. The summed E-state index contributed by atoms with van der Waals surface area (Å²) in [4.78, 5) is 125. The second-order valence-corrected chi connectivity index (χ2v) is 18.2. The summed E-state index contributed by atoms with van der Waals surface area (Å²) in [7, 11) is 1.61. The van der Waals surface area contributed by atoms with Crippen LogP contribution in [0.5, 0.6) is 5.75 Å². The average Bonchev–Trinajstić information content (AvgIpc) is 3.36. The van der Waals surface area contributed by atoms with E-state index in [1.807, 2.05) is 43.3 Å². The van der Waals surface area contributed by atoms with Gasteiger partial charge in [0.25, 0.3) is 5.91 Å². The van der Waals surface area contributed by atoms with Gasteiger partial charge in [0.1, 0.15) is 41.7 Å². The van der Waals surface area contributed by atoms with Crippen molar-refractivity contribution in [2.45, 2.75) is 128 Å². The highest BCUT2D eigenvalue weighted by Crippen LogP contribution is 2.19. The molecule has 23 heteroatoms. The van der Waals surface area contributed by atoms with Crippen LogP contribution in [0.15, 0.2) is 95.2 Å². The molecule has 2 aromatic carbocycles. The first kappa shape index (κ1) is 61.2. The van der Waals surface area contributed by atoms with E-state index in [0.717, 1.165) is 5.56 Å². The van der Waals surface area contributed by atoms with Crippen LogP contribution >= 0.6 is 0 Å². The summed E-state index contributed by atoms with van der Waals surface area (Å²) >= 11 is 0. The van der Waals surface area contributed by atoms with Gasteiger partial charge in [-0.1, -0.05) is 86.2 Å². The highest BCUT2D eigenvalue weighted by atomic mass is 16.5. The van der Waals surface area contributed by atoms with Gasteiger partial charge in [0.2, 0.25) is 35.4 Å². The van der Waals surface area contributed by atoms with Crippen molar-refractivity contribution in [3.8, 4) is 5.75 Å². The van der Waals surface area contributed by atoms with E-state index in [2.05, 4.69) is 42.2 Å². The molecule has 1 aliphatic heterocycles. The third kappa shape index (κ3) is 21.5. The minimum absolute atomic E-state index is 0.0110. The molecule has 14 N–H and O–H groups in total. The summed E-state index contributed by atoms with van der Waals surface area (Å²) in [5.74, 6) is -11.1. The Kier molecular flexibility index (Phi) is 25.2. The fourth-order valence-electron chi connectivity index (χ4n) is 7.80. The molecule has 408 valence electrons. The maximum absolute atomic E-state index is 14.3. The van der Waals surface area contributed by atoms with Crippen molar-refractivity contribution >= 4 is 59.2 Å². The average molecular weight is 1050 g/mol. The van der Waals surface area contributed by atoms with Gasteiger partial charge in [-0.25, -0.2) is 9.59 Å². The smallest absolute Gasteiger partial charge is 0.326 e. The monoisotopic (exact) mass is 1040 g/mol. The number of carboxylic acid groups (broad SMARTS) is 2. The Bertz CT molecular complexity index is 2440. The van der Waals surface area contributed by atoms with E-state index < -0.39 is 115 Å². The van der Waals surface area contributed by atoms with E-state index in [0.29, 0.717) is 17.6 Å². The van der Waals surface area contributed by atoms with E-state index in [1.165, 1.54) is 45.1 Å². The number of nitrogens with one attached hydrogen (secondary N) is 7. The van der Waals surface area contributed by atoms with Crippen LogP contribution in [0.25, 0.3) is 0 Å². The quantitative estimate of drug-likeness (QED) is 0.0362. The largest absolute Gasteiger partial charge is 0.508 e. The first-order valence-electron chi connectivity index (χ1n) is 24.5. The number of phenolic OH excluding ortho intramolecular Hbond substituents is 1. The number of aryl methyl sites for hydroxylation is 1. The molecule has 1 fully saturated rings. The van der Waals surface area contributed by atoms with Crippen molar-refractivity contribution in [2.75, 3.05) is 13.7 Å². The van der Waals surface area contributed by atoms with Gasteiger partial charge in [-0.2, -0.15) is 0 Å². The van der Waals surface area contributed by atoms with Crippen LogP contribution in [0.1, 0.15) is 84.3 Å². The molecule has 0 saturated carbocycles. The highest BCUT2D eigenvalue weighted by molar-refractivity contribution is 6.00. The molecule has 3 rings (SSSR count). The van der Waals surface area contributed by atoms with Gasteiger partial charge in [-0.15, -0.1) is 0 Å². The number of hydrogen-bond donors (Lipinski definition) is 12. The summed E-state index contributed by atoms with van der Waals surface area (Å²) in [6.45, 7) is 7.89. The summed E-state index contributed by atoms with van der Waals surface area (Å²) in [5, 5.41) is 47.5. The van der Waals surface area contributed by atoms with E-state index >= 15 is 0 Å². The fourth-order valence-corrected chi connectivity index (χ4v) is 7.80. The number of aromatic hydroxyl groups is 1. The maximum Gasteiger partial charge on any atom is 0.326 e. The van der Waals surface area contributed by atoms with Crippen molar-refractivity contribution in [3.05, 3.63) is 101 Å². The number of nitrogens with zero attached hydrogens (tertiary/aromatic N) is 1. The standard InChI is InChI=1S/C52H72N10O13/c1-7-36-47(68)56-32(5)46(67)60-39(22-18-33-16-19-35(63)20-17-33)49(70)62-41(51(73)74)28-44(65)58-38(14-11-25-55-52(53)54)48(69)59-37(31(4)45(66)61-40(50(71)72)23-24-43(64)57-36)21-15-29(2)26-30(3)42(75-6)27-34-12-9-8-10-13-34/h7-10,12-13,15-17,19-21,26,30-32,37-42,63H,11,14,18,22-25,27-28H2,1-6H3,(H,56,68)(H,57,64)(H,58,65)(H,59,69)(H,60,67)(H,61,66)(H,62,70)(H,71,72)(H,73,74)(H4,53,54,55)/b21-15+,29-26+,36-7-/t30-,31-,32+,37?,38-,39-,40?,41+,42-/m0/s1. The van der Waals surface area contributed by atoms with Gasteiger partial charge in [0.15, 0.2) is 5.96 Å². The van der Waals surface area contributed by atoms with Crippen molar-refractivity contribution in [1.82, 2.24) is 37.2 Å². The van der Waals surface area contributed by atoms with E-state index in [9.17, 15) is 58.5 Å². The van der Waals surface area contributed by atoms with Crippen LogP contribution in [0, 0.1) is 11.8 Å². The van der Waals surface area contributed by atoms with Gasteiger partial charge in [-0.05, 0) is 82.6 Å². The summed E-state index contributed by atoms with van der Waals surface area (Å²) < 4.78 is 5.81. The number of guanidine groups is 1. The minimum atomic E-state index is -1.91. The van der Waals surface area contributed by atoms with E-state index in [4.69, 9.17) is 16.2 Å². The molecule has 2 unspecified atom stereocenters. The lowest BCUT2D eigenvalue weighted by Gasteiger charge is -2.27. The molecular weight excluding hydrogens is 973 g/mol. The third-order valence-electron chi connectivity index (χ3n) is 12.2. The van der Waals surface area contributed by atoms with Crippen LogP contribution in [0.2, 0.25) is 0 Å². The van der Waals surface area contributed by atoms with Crippen LogP contribution in [-0.4, -0.2) is 131 Å². The van der Waals surface area contributed by atoms with Crippen molar-refractivity contribution in [2.24, 2.45) is 28.3 Å². The number of carbonyl (C=O) groups excluding carboxylic acids is 7. The zero-order chi connectivity index (χ0) is 55.8. The predicted molar refractivity (Wildman–Crippen MR) is 277 cm³/mol. The van der Waals surface area contributed by atoms with Gasteiger partial charge in [0, 0.05) is 26.0 Å². The molecule has 0 spiro atoms. The molecule has 0 bridgehead atoms. The minimum Gasteiger partial charge on any atom is -0.508 e. The molecule has 9 atom stereocenters. The maximum atomic E-state index is 14.3. The van der Waals surface area contributed by atoms with Crippen LogP contribution in [0.3, 0.4) is 0 Å². The Labute approximate surface area is 435 Å². The molecule has 23 nitrogen and oxygen atoms in total. The molecule has 0 aromatic heterocycles. The summed E-state index contributed by atoms with van der Waals surface area (Å²) in [6.07, 6.45) is 4.85. The number of allylic oxidation sites excluding steroid dienone is 3. The molecule has 2 aromatic rings. The second kappa shape index (κ2) is 30.8.